The highest BCUT2D eigenvalue weighted by molar-refractivity contribution is 5.76. The number of carbonyl (C=O) groups excluding carboxylic acids is 1. The first-order valence-corrected chi connectivity index (χ1v) is 7.49. The van der Waals surface area contributed by atoms with Crippen LogP contribution in [0.3, 0.4) is 0 Å². The van der Waals surface area contributed by atoms with E-state index in [0.29, 0.717) is 13.2 Å². The number of benzene rings is 1. The van der Waals surface area contributed by atoms with E-state index in [9.17, 15) is 13.6 Å². The molecule has 3 rings (SSSR count). The van der Waals surface area contributed by atoms with Gasteiger partial charge in [-0.25, -0.2) is 8.78 Å². The largest absolute Gasteiger partial charge is 0.375 e. The topological polar surface area (TPSA) is 89.3 Å². The molecule has 0 aliphatic carbocycles. The molecule has 2 aromatic rings. The molecular formula is C15H16F2N4O3. The molecule has 24 heavy (non-hydrogen) atoms. The van der Waals surface area contributed by atoms with Crippen molar-refractivity contribution in [1.82, 2.24) is 20.8 Å². The number of carbonyl (C=O) groups is 1. The summed E-state index contributed by atoms with van der Waals surface area (Å²) in [6, 6.07) is 3.44. The van der Waals surface area contributed by atoms with Crippen LogP contribution < -0.4 is 10.6 Å². The van der Waals surface area contributed by atoms with E-state index in [2.05, 4.69) is 20.8 Å². The maximum Gasteiger partial charge on any atom is 0.263 e. The number of morpholine rings is 1. The van der Waals surface area contributed by atoms with Gasteiger partial charge in [-0.15, -0.1) is 0 Å². The van der Waals surface area contributed by atoms with Crippen LogP contribution in [0.4, 0.5) is 8.78 Å². The maximum atomic E-state index is 13.7. The third kappa shape index (κ3) is 3.92. The Morgan fingerprint density at radius 1 is 1.38 bits per heavy atom. The number of aromatic nitrogens is 2. The SMILES string of the molecule is O=C(C[C@H]1CNCCO1)NCc1noc(-c2c(F)cccc2F)n1. The fourth-order valence-electron chi connectivity index (χ4n) is 2.34. The van der Waals surface area contributed by atoms with Gasteiger partial charge in [0, 0.05) is 13.1 Å². The molecule has 128 valence electrons. The number of hydrogen-bond acceptors (Lipinski definition) is 6. The molecule has 9 heteroatoms. The zero-order valence-electron chi connectivity index (χ0n) is 12.7. The normalized spacial score (nSPS) is 17.7. The number of amides is 1. The Bertz CT molecular complexity index is 696. The van der Waals surface area contributed by atoms with Gasteiger partial charge >= 0.3 is 0 Å². The maximum absolute atomic E-state index is 13.7. The zero-order valence-corrected chi connectivity index (χ0v) is 12.7. The van der Waals surface area contributed by atoms with E-state index in [1.807, 2.05) is 0 Å². The molecule has 7 nitrogen and oxygen atoms in total. The van der Waals surface area contributed by atoms with Gasteiger partial charge in [0.25, 0.3) is 5.89 Å². The van der Waals surface area contributed by atoms with Crippen LogP contribution in [0.1, 0.15) is 12.2 Å². The summed E-state index contributed by atoms with van der Waals surface area (Å²) in [4.78, 5) is 15.7. The first kappa shape index (κ1) is 16.5. The van der Waals surface area contributed by atoms with Crippen LogP contribution in [-0.2, 0) is 16.1 Å². The van der Waals surface area contributed by atoms with Gasteiger partial charge in [0.1, 0.15) is 17.2 Å². The van der Waals surface area contributed by atoms with Gasteiger partial charge in [0.05, 0.1) is 25.7 Å². The summed E-state index contributed by atoms with van der Waals surface area (Å²) in [5.74, 6) is -1.96. The predicted octanol–water partition coefficient (Wildman–Crippen LogP) is 1.01. The van der Waals surface area contributed by atoms with E-state index in [4.69, 9.17) is 9.26 Å². The summed E-state index contributed by atoms with van der Waals surface area (Å²) in [5.41, 5.74) is -0.385. The van der Waals surface area contributed by atoms with Crippen molar-refractivity contribution in [2.24, 2.45) is 0 Å². The first-order chi connectivity index (χ1) is 11.6. The van der Waals surface area contributed by atoms with Crippen molar-refractivity contribution in [1.29, 1.82) is 0 Å². The van der Waals surface area contributed by atoms with Crippen molar-refractivity contribution < 1.29 is 22.8 Å². The summed E-state index contributed by atoms with van der Waals surface area (Å²) in [5, 5.41) is 9.37. The van der Waals surface area contributed by atoms with Crippen LogP contribution in [0.25, 0.3) is 11.5 Å². The average molecular weight is 338 g/mol. The summed E-state index contributed by atoms with van der Waals surface area (Å²) in [6.07, 6.45) is 0.0340. The lowest BCUT2D eigenvalue weighted by atomic mass is 10.2. The molecule has 1 amide bonds. The van der Waals surface area contributed by atoms with E-state index in [1.54, 1.807) is 0 Å². The van der Waals surface area contributed by atoms with E-state index in [-0.39, 0.29) is 42.3 Å². The van der Waals surface area contributed by atoms with E-state index >= 15 is 0 Å². The highest BCUT2D eigenvalue weighted by Crippen LogP contribution is 2.24. The Hall–Kier alpha value is -2.39. The monoisotopic (exact) mass is 338 g/mol. The minimum Gasteiger partial charge on any atom is -0.375 e. The van der Waals surface area contributed by atoms with Crippen molar-refractivity contribution in [3.63, 3.8) is 0 Å². The Morgan fingerprint density at radius 2 is 2.17 bits per heavy atom. The van der Waals surface area contributed by atoms with Crippen molar-refractivity contribution in [3.8, 4) is 11.5 Å². The lowest BCUT2D eigenvalue weighted by Crippen LogP contribution is -2.41. The van der Waals surface area contributed by atoms with Crippen LogP contribution in [0.5, 0.6) is 0 Å². The molecule has 1 aromatic carbocycles. The molecule has 1 aromatic heterocycles. The Labute approximate surface area is 136 Å². The molecule has 0 radical (unpaired) electrons. The quantitative estimate of drug-likeness (QED) is 0.846. The van der Waals surface area contributed by atoms with E-state index < -0.39 is 11.6 Å². The number of ether oxygens (including phenoxy) is 1. The lowest BCUT2D eigenvalue weighted by Gasteiger charge is -2.22. The predicted molar refractivity (Wildman–Crippen MR) is 78.7 cm³/mol. The summed E-state index contributed by atoms with van der Waals surface area (Å²) in [6.45, 7) is 1.96. The molecule has 1 saturated heterocycles. The fraction of sp³-hybridized carbons (Fsp3) is 0.400. The van der Waals surface area contributed by atoms with Gasteiger partial charge in [-0.1, -0.05) is 11.2 Å². The number of rotatable bonds is 5. The van der Waals surface area contributed by atoms with Gasteiger partial charge in [-0.05, 0) is 12.1 Å². The summed E-state index contributed by atoms with van der Waals surface area (Å²) in [7, 11) is 0. The van der Waals surface area contributed by atoms with Crippen molar-refractivity contribution in [3.05, 3.63) is 35.7 Å². The first-order valence-electron chi connectivity index (χ1n) is 7.49. The Morgan fingerprint density at radius 3 is 2.88 bits per heavy atom. The van der Waals surface area contributed by atoms with Gasteiger partial charge < -0.3 is 19.9 Å². The molecule has 0 spiro atoms. The number of halogens is 2. The third-order valence-electron chi connectivity index (χ3n) is 3.51. The van der Waals surface area contributed by atoms with E-state index in [0.717, 1.165) is 18.7 Å². The molecule has 2 heterocycles. The van der Waals surface area contributed by atoms with Gasteiger partial charge in [0.15, 0.2) is 5.82 Å². The molecular weight excluding hydrogens is 322 g/mol. The van der Waals surface area contributed by atoms with Crippen LogP contribution in [-0.4, -0.2) is 41.8 Å². The number of nitrogens with one attached hydrogen (secondary N) is 2. The Kier molecular flexibility index (Phi) is 5.11. The smallest absolute Gasteiger partial charge is 0.263 e. The number of nitrogens with zero attached hydrogens (tertiary/aromatic N) is 2. The summed E-state index contributed by atoms with van der Waals surface area (Å²) < 4.78 is 37.6. The summed E-state index contributed by atoms with van der Waals surface area (Å²) >= 11 is 0. The van der Waals surface area contributed by atoms with Crippen LogP contribution in [0, 0.1) is 11.6 Å². The molecule has 1 fully saturated rings. The fourth-order valence-corrected chi connectivity index (χ4v) is 2.34. The second-order valence-corrected chi connectivity index (χ2v) is 5.29. The van der Waals surface area contributed by atoms with Crippen LogP contribution >= 0.6 is 0 Å². The molecule has 1 aliphatic heterocycles. The molecule has 0 bridgehead atoms. The highest BCUT2D eigenvalue weighted by Gasteiger charge is 2.20. The second kappa shape index (κ2) is 7.45. The molecule has 2 N–H and O–H groups in total. The Balaban J connectivity index is 1.57. The van der Waals surface area contributed by atoms with E-state index in [1.165, 1.54) is 6.07 Å². The number of hydrogen-bond donors (Lipinski definition) is 2. The van der Waals surface area contributed by atoms with Gasteiger partial charge in [-0.3, -0.25) is 4.79 Å². The lowest BCUT2D eigenvalue weighted by molar-refractivity contribution is -0.124. The minimum absolute atomic E-state index is 0.00143. The molecule has 0 saturated carbocycles. The molecule has 0 unspecified atom stereocenters. The van der Waals surface area contributed by atoms with Gasteiger partial charge in [-0.2, -0.15) is 4.98 Å². The van der Waals surface area contributed by atoms with Crippen LogP contribution in [0.2, 0.25) is 0 Å². The van der Waals surface area contributed by atoms with Crippen molar-refractivity contribution in [2.75, 3.05) is 19.7 Å². The zero-order chi connectivity index (χ0) is 16.9. The molecule has 1 atom stereocenters. The standard InChI is InChI=1S/C15H16F2N4O3/c16-10-2-1-3-11(17)14(10)15-20-12(21-24-15)8-19-13(22)6-9-7-18-4-5-23-9/h1-3,9,18H,4-8H2,(H,19,22)/t9-/m0/s1. The molecule has 1 aliphatic rings. The van der Waals surface area contributed by atoms with Crippen LogP contribution in [0.15, 0.2) is 22.7 Å². The third-order valence-corrected chi connectivity index (χ3v) is 3.51. The van der Waals surface area contributed by atoms with Crippen molar-refractivity contribution in [2.45, 2.75) is 19.1 Å². The second-order valence-electron chi connectivity index (χ2n) is 5.29. The minimum atomic E-state index is -0.795. The van der Waals surface area contributed by atoms with Gasteiger partial charge in [0.2, 0.25) is 5.91 Å². The average Bonchev–Trinajstić information content (AvgIpc) is 3.02. The highest BCUT2D eigenvalue weighted by atomic mass is 19.1. The van der Waals surface area contributed by atoms with Crippen molar-refractivity contribution >= 4 is 5.91 Å².